The summed E-state index contributed by atoms with van der Waals surface area (Å²) in [4.78, 5) is 7.84. The Morgan fingerprint density at radius 1 is 1.00 bits per heavy atom. The van der Waals surface area contributed by atoms with Gasteiger partial charge in [0.15, 0.2) is 0 Å². The molecule has 2 rings (SSSR count). The van der Waals surface area contributed by atoms with Crippen molar-refractivity contribution in [1.29, 1.82) is 10.5 Å². The molecular weight excluding hydrogens is 256 g/mol. The van der Waals surface area contributed by atoms with Gasteiger partial charge in [0.2, 0.25) is 5.95 Å². The van der Waals surface area contributed by atoms with Crippen LogP contribution < -0.4 is 22.3 Å². The van der Waals surface area contributed by atoms with Gasteiger partial charge in [-0.2, -0.15) is 20.5 Å². The van der Waals surface area contributed by atoms with E-state index in [1.807, 2.05) is 12.1 Å². The summed E-state index contributed by atoms with van der Waals surface area (Å²) < 4.78 is 0. The summed E-state index contributed by atoms with van der Waals surface area (Å²) in [5, 5.41) is 20.8. The molecule has 6 N–H and O–H groups in total. The van der Waals surface area contributed by atoms with Gasteiger partial charge in [0, 0.05) is 11.8 Å². The number of nitrogen functional groups attached to an aromatic ring is 2. The SMILES string of the molecule is N#Cc1ccc(Nc2cc(NN)nc(N)n2)cc1C#N. The van der Waals surface area contributed by atoms with Crippen molar-refractivity contribution in [2.45, 2.75) is 0 Å². The zero-order valence-corrected chi connectivity index (χ0v) is 10.3. The van der Waals surface area contributed by atoms with Gasteiger partial charge in [-0.3, -0.25) is 0 Å². The Morgan fingerprint density at radius 3 is 2.35 bits per heavy atom. The van der Waals surface area contributed by atoms with Gasteiger partial charge < -0.3 is 16.5 Å². The van der Waals surface area contributed by atoms with E-state index in [0.717, 1.165) is 0 Å². The van der Waals surface area contributed by atoms with Crippen molar-refractivity contribution in [3.8, 4) is 12.1 Å². The Labute approximate surface area is 114 Å². The number of rotatable bonds is 3. The number of anilines is 4. The lowest BCUT2D eigenvalue weighted by molar-refractivity contribution is 1.15. The largest absolute Gasteiger partial charge is 0.368 e. The van der Waals surface area contributed by atoms with Crippen LogP contribution in [-0.2, 0) is 0 Å². The smallest absolute Gasteiger partial charge is 0.223 e. The van der Waals surface area contributed by atoms with E-state index >= 15 is 0 Å². The maximum Gasteiger partial charge on any atom is 0.223 e. The molecule has 0 atom stereocenters. The molecule has 2 aromatic rings. The van der Waals surface area contributed by atoms with Crippen molar-refractivity contribution < 1.29 is 0 Å². The fourth-order valence-electron chi connectivity index (χ4n) is 1.56. The first-order valence-corrected chi connectivity index (χ1v) is 5.48. The van der Waals surface area contributed by atoms with Crippen molar-refractivity contribution in [2.75, 3.05) is 16.5 Å². The molecule has 8 heteroatoms. The number of nitriles is 2. The maximum atomic E-state index is 8.97. The summed E-state index contributed by atoms with van der Waals surface area (Å²) >= 11 is 0. The summed E-state index contributed by atoms with van der Waals surface area (Å²) in [6, 6.07) is 10.2. The van der Waals surface area contributed by atoms with Gasteiger partial charge in [0.05, 0.1) is 11.1 Å². The highest BCUT2D eigenvalue weighted by molar-refractivity contribution is 5.64. The normalized spacial score (nSPS) is 9.35. The minimum Gasteiger partial charge on any atom is -0.368 e. The van der Waals surface area contributed by atoms with Crippen LogP contribution in [0.15, 0.2) is 24.3 Å². The summed E-state index contributed by atoms with van der Waals surface area (Å²) in [5.41, 5.74) is 9.09. The quantitative estimate of drug-likeness (QED) is 0.471. The van der Waals surface area contributed by atoms with Gasteiger partial charge >= 0.3 is 0 Å². The number of hydrazine groups is 1. The maximum absolute atomic E-state index is 8.97. The predicted molar refractivity (Wildman–Crippen MR) is 73.4 cm³/mol. The predicted octanol–water partition coefficient (Wildman–Crippen LogP) is 0.831. The third-order valence-electron chi connectivity index (χ3n) is 2.42. The average molecular weight is 266 g/mol. The van der Waals surface area contributed by atoms with E-state index < -0.39 is 0 Å². The van der Waals surface area contributed by atoms with Crippen molar-refractivity contribution in [3.05, 3.63) is 35.4 Å². The lowest BCUT2D eigenvalue weighted by Gasteiger charge is -2.08. The fourth-order valence-corrected chi connectivity index (χ4v) is 1.56. The highest BCUT2D eigenvalue weighted by Gasteiger charge is 2.05. The van der Waals surface area contributed by atoms with E-state index in [2.05, 4.69) is 20.7 Å². The summed E-state index contributed by atoms with van der Waals surface area (Å²) in [5.74, 6) is 6.09. The summed E-state index contributed by atoms with van der Waals surface area (Å²) in [7, 11) is 0. The highest BCUT2D eigenvalue weighted by atomic mass is 15.3. The number of nitrogens with zero attached hydrogens (tertiary/aromatic N) is 4. The number of hydrogen-bond donors (Lipinski definition) is 4. The molecular formula is C12H10N8. The average Bonchev–Trinajstić information content (AvgIpc) is 2.46. The molecule has 1 heterocycles. The molecule has 1 aromatic carbocycles. The molecule has 20 heavy (non-hydrogen) atoms. The van der Waals surface area contributed by atoms with Gasteiger partial charge in [-0.15, -0.1) is 0 Å². The Bertz CT molecular complexity index is 725. The van der Waals surface area contributed by atoms with E-state index in [4.69, 9.17) is 22.1 Å². The van der Waals surface area contributed by atoms with Crippen molar-refractivity contribution in [1.82, 2.24) is 9.97 Å². The second kappa shape index (κ2) is 5.52. The van der Waals surface area contributed by atoms with E-state index in [0.29, 0.717) is 22.9 Å². The van der Waals surface area contributed by atoms with Crippen molar-refractivity contribution in [2.24, 2.45) is 5.84 Å². The van der Waals surface area contributed by atoms with E-state index in [9.17, 15) is 0 Å². The third-order valence-corrected chi connectivity index (χ3v) is 2.42. The molecule has 0 aliphatic heterocycles. The molecule has 0 radical (unpaired) electrons. The number of nitrogens with one attached hydrogen (secondary N) is 2. The van der Waals surface area contributed by atoms with Gasteiger partial charge in [0.1, 0.15) is 23.8 Å². The van der Waals surface area contributed by atoms with Gasteiger partial charge in [-0.1, -0.05) is 0 Å². The number of benzene rings is 1. The van der Waals surface area contributed by atoms with Crippen LogP contribution in [0.3, 0.4) is 0 Å². The first kappa shape index (κ1) is 13.1. The second-order valence-corrected chi connectivity index (χ2v) is 3.75. The summed E-state index contributed by atoms with van der Waals surface area (Å²) in [6.45, 7) is 0. The van der Waals surface area contributed by atoms with Crippen LogP contribution in [0, 0.1) is 22.7 Å². The topological polar surface area (TPSA) is 149 Å². The molecule has 98 valence electrons. The number of nitrogens with two attached hydrogens (primary N) is 2. The molecule has 8 nitrogen and oxygen atoms in total. The van der Waals surface area contributed by atoms with Crippen LogP contribution >= 0.6 is 0 Å². The standard InChI is InChI=1S/C12H10N8/c13-5-7-1-2-9(3-8(7)6-14)17-10-4-11(20-16)19-12(15)18-10/h1-4H,16H2,(H4,15,17,18,19,20). The zero-order chi connectivity index (χ0) is 14.5. The monoisotopic (exact) mass is 266 g/mol. The van der Waals surface area contributed by atoms with Gasteiger partial charge in [-0.25, -0.2) is 5.84 Å². The van der Waals surface area contributed by atoms with Crippen LogP contribution in [0.1, 0.15) is 11.1 Å². The minimum absolute atomic E-state index is 0.0529. The van der Waals surface area contributed by atoms with Crippen LogP contribution in [-0.4, -0.2) is 9.97 Å². The Balaban J connectivity index is 2.33. The zero-order valence-electron chi connectivity index (χ0n) is 10.3. The molecule has 0 saturated carbocycles. The highest BCUT2D eigenvalue weighted by Crippen LogP contribution is 2.20. The Kier molecular flexibility index (Phi) is 3.61. The van der Waals surface area contributed by atoms with Crippen LogP contribution in [0.2, 0.25) is 0 Å². The second-order valence-electron chi connectivity index (χ2n) is 3.75. The number of aromatic nitrogens is 2. The first-order valence-electron chi connectivity index (χ1n) is 5.48. The molecule has 0 aliphatic rings. The van der Waals surface area contributed by atoms with Gasteiger partial charge in [-0.05, 0) is 18.2 Å². The van der Waals surface area contributed by atoms with E-state index in [1.54, 1.807) is 24.3 Å². The minimum atomic E-state index is 0.0529. The third kappa shape index (κ3) is 2.72. The molecule has 0 amide bonds. The summed E-state index contributed by atoms with van der Waals surface area (Å²) in [6.07, 6.45) is 0. The van der Waals surface area contributed by atoms with Crippen molar-refractivity contribution >= 4 is 23.3 Å². The molecule has 0 fully saturated rings. The lowest BCUT2D eigenvalue weighted by atomic mass is 10.1. The number of hydrogen-bond acceptors (Lipinski definition) is 8. The molecule has 0 spiro atoms. The van der Waals surface area contributed by atoms with Crippen LogP contribution in [0.25, 0.3) is 0 Å². The van der Waals surface area contributed by atoms with E-state index in [1.165, 1.54) is 0 Å². The molecule has 1 aromatic heterocycles. The Hall–Kier alpha value is -3.36. The molecule has 0 unspecified atom stereocenters. The molecule has 0 aliphatic carbocycles. The fraction of sp³-hybridized carbons (Fsp3) is 0. The lowest BCUT2D eigenvalue weighted by Crippen LogP contribution is -2.11. The molecule has 0 bridgehead atoms. The van der Waals surface area contributed by atoms with E-state index in [-0.39, 0.29) is 11.5 Å². The van der Waals surface area contributed by atoms with Crippen LogP contribution in [0.4, 0.5) is 23.3 Å². The Morgan fingerprint density at radius 2 is 1.70 bits per heavy atom. The molecule has 0 saturated heterocycles. The van der Waals surface area contributed by atoms with Crippen molar-refractivity contribution in [3.63, 3.8) is 0 Å². The van der Waals surface area contributed by atoms with Gasteiger partial charge in [0.25, 0.3) is 0 Å². The first-order chi connectivity index (χ1) is 9.66. The van der Waals surface area contributed by atoms with Crippen LogP contribution in [0.5, 0.6) is 0 Å².